The van der Waals surface area contributed by atoms with E-state index < -0.39 is 17.2 Å². The van der Waals surface area contributed by atoms with Crippen molar-refractivity contribution in [2.75, 3.05) is 5.32 Å². The lowest BCUT2D eigenvalue weighted by Gasteiger charge is -2.10. The molecule has 0 aliphatic rings. The van der Waals surface area contributed by atoms with Gasteiger partial charge in [-0.05, 0) is 6.07 Å². The minimum atomic E-state index is -0.685. The van der Waals surface area contributed by atoms with E-state index in [0.29, 0.717) is 5.46 Å². The number of nitrogens with zero attached hydrogens (tertiary/aromatic N) is 2. The molecule has 106 valence electrons. The van der Waals surface area contributed by atoms with E-state index >= 15 is 0 Å². The lowest BCUT2D eigenvalue weighted by molar-refractivity contribution is 0.102. The number of aryl methyl sites for hydroxylation is 1. The third-order valence-electron chi connectivity index (χ3n) is 2.97. The SMILES string of the molecule is [B]c1cccc(NC(=O)c2cn(C)c(=O)n(C)c2=O)c1Cl. The number of aromatic nitrogens is 2. The van der Waals surface area contributed by atoms with Crippen LogP contribution in [-0.2, 0) is 14.1 Å². The fourth-order valence-electron chi connectivity index (χ4n) is 1.80. The number of amides is 1. The summed E-state index contributed by atoms with van der Waals surface area (Å²) in [6.07, 6.45) is 1.18. The van der Waals surface area contributed by atoms with Gasteiger partial charge in [-0.1, -0.05) is 29.2 Å². The fraction of sp³-hybridized carbons (Fsp3) is 0.154. The standard InChI is InChI=1S/C13H11BClN3O3/c1-17-6-7(12(20)18(2)13(17)21)11(19)16-9-5-3-4-8(14)10(9)15/h3-6H,1-2H3,(H,16,19). The number of halogens is 1. The van der Waals surface area contributed by atoms with Crippen molar-refractivity contribution in [3.8, 4) is 0 Å². The average molecular weight is 304 g/mol. The Hall–Kier alpha value is -2.28. The highest BCUT2D eigenvalue weighted by Crippen LogP contribution is 2.18. The van der Waals surface area contributed by atoms with Crippen LogP contribution in [0.3, 0.4) is 0 Å². The highest BCUT2D eigenvalue weighted by Gasteiger charge is 2.16. The zero-order valence-electron chi connectivity index (χ0n) is 11.4. The molecule has 2 aromatic rings. The van der Waals surface area contributed by atoms with Crippen LogP contribution in [0.4, 0.5) is 5.69 Å². The molecule has 0 atom stereocenters. The van der Waals surface area contributed by atoms with Crippen molar-refractivity contribution in [2.45, 2.75) is 0 Å². The van der Waals surface area contributed by atoms with E-state index in [1.807, 2.05) is 0 Å². The molecule has 1 N–H and O–H groups in total. The Kier molecular flexibility index (Phi) is 4.04. The van der Waals surface area contributed by atoms with Crippen LogP contribution in [0.25, 0.3) is 0 Å². The van der Waals surface area contributed by atoms with Crippen molar-refractivity contribution in [1.29, 1.82) is 0 Å². The molecule has 1 aromatic heterocycles. The molecule has 2 rings (SSSR count). The fourth-order valence-corrected chi connectivity index (χ4v) is 1.97. The summed E-state index contributed by atoms with van der Waals surface area (Å²) in [5.74, 6) is -0.668. The molecule has 0 unspecified atom stereocenters. The highest BCUT2D eigenvalue weighted by atomic mass is 35.5. The Morgan fingerprint density at radius 2 is 1.95 bits per heavy atom. The lowest BCUT2D eigenvalue weighted by atomic mass is 9.96. The van der Waals surface area contributed by atoms with Crippen LogP contribution < -0.4 is 22.0 Å². The molecule has 21 heavy (non-hydrogen) atoms. The maximum absolute atomic E-state index is 12.2. The first-order valence-corrected chi connectivity index (χ1v) is 6.32. The first-order chi connectivity index (χ1) is 9.82. The minimum absolute atomic E-state index is 0.168. The van der Waals surface area contributed by atoms with Crippen molar-refractivity contribution in [3.05, 3.63) is 55.8 Å². The van der Waals surface area contributed by atoms with E-state index in [2.05, 4.69) is 5.32 Å². The molecule has 0 spiro atoms. The maximum atomic E-state index is 12.2. The second-order valence-electron chi connectivity index (χ2n) is 4.46. The smallest absolute Gasteiger partial charge is 0.320 e. The van der Waals surface area contributed by atoms with Crippen LogP contribution in [-0.4, -0.2) is 22.9 Å². The zero-order valence-corrected chi connectivity index (χ0v) is 12.1. The first kappa shape index (κ1) is 15.1. The van der Waals surface area contributed by atoms with Crippen molar-refractivity contribution in [3.63, 3.8) is 0 Å². The molecule has 0 bridgehead atoms. The Morgan fingerprint density at radius 1 is 1.29 bits per heavy atom. The number of rotatable bonds is 2. The van der Waals surface area contributed by atoms with Crippen LogP contribution in [0.1, 0.15) is 10.4 Å². The molecular formula is C13H11BClN3O3. The Bertz CT molecular complexity index is 842. The van der Waals surface area contributed by atoms with Gasteiger partial charge in [0.1, 0.15) is 13.4 Å². The first-order valence-electron chi connectivity index (χ1n) is 5.95. The number of hydrogen-bond acceptors (Lipinski definition) is 3. The zero-order chi connectivity index (χ0) is 15.7. The van der Waals surface area contributed by atoms with Gasteiger partial charge in [0.25, 0.3) is 11.5 Å². The lowest BCUT2D eigenvalue weighted by Crippen LogP contribution is -2.40. The van der Waals surface area contributed by atoms with Gasteiger partial charge in [0.05, 0.1) is 10.7 Å². The molecule has 1 aromatic carbocycles. The minimum Gasteiger partial charge on any atom is -0.320 e. The van der Waals surface area contributed by atoms with Crippen molar-refractivity contribution >= 4 is 36.5 Å². The van der Waals surface area contributed by atoms with E-state index in [1.54, 1.807) is 18.2 Å². The third kappa shape index (κ3) is 2.78. The summed E-state index contributed by atoms with van der Waals surface area (Å²) >= 11 is 5.97. The third-order valence-corrected chi connectivity index (χ3v) is 3.39. The summed E-state index contributed by atoms with van der Waals surface area (Å²) in [7, 11) is 8.39. The van der Waals surface area contributed by atoms with Gasteiger partial charge in [0, 0.05) is 20.3 Å². The Labute approximate surface area is 126 Å². The molecule has 0 saturated heterocycles. The van der Waals surface area contributed by atoms with E-state index in [1.165, 1.54) is 20.3 Å². The van der Waals surface area contributed by atoms with E-state index in [-0.39, 0.29) is 16.3 Å². The van der Waals surface area contributed by atoms with E-state index in [0.717, 1.165) is 9.13 Å². The molecule has 0 saturated carbocycles. The van der Waals surface area contributed by atoms with Crippen LogP contribution in [0.2, 0.25) is 5.02 Å². The van der Waals surface area contributed by atoms with Gasteiger partial charge in [-0.15, -0.1) is 0 Å². The molecule has 0 aliphatic heterocycles. The van der Waals surface area contributed by atoms with Crippen molar-refractivity contribution in [1.82, 2.24) is 9.13 Å². The summed E-state index contributed by atoms with van der Waals surface area (Å²) in [6, 6.07) is 4.77. The number of nitrogens with one attached hydrogen (secondary N) is 1. The number of benzene rings is 1. The number of carbonyl (C=O) groups excluding carboxylic acids is 1. The van der Waals surface area contributed by atoms with Gasteiger partial charge in [0.15, 0.2) is 0 Å². The van der Waals surface area contributed by atoms with Gasteiger partial charge in [0.2, 0.25) is 0 Å². The quantitative estimate of drug-likeness (QED) is 0.780. The Balaban J connectivity index is 2.45. The molecule has 0 aliphatic carbocycles. The number of anilines is 1. The second-order valence-corrected chi connectivity index (χ2v) is 4.84. The van der Waals surface area contributed by atoms with E-state index in [4.69, 9.17) is 19.4 Å². The molecule has 0 fully saturated rings. The molecule has 8 heteroatoms. The highest BCUT2D eigenvalue weighted by molar-refractivity contribution is 6.47. The van der Waals surface area contributed by atoms with Gasteiger partial charge < -0.3 is 9.88 Å². The average Bonchev–Trinajstić information content (AvgIpc) is 2.45. The van der Waals surface area contributed by atoms with E-state index in [9.17, 15) is 14.4 Å². The maximum Gasteiger partial charge on any atom is 0.330 e. The summed E-state index contributed by atoms with van der Waals surface area (Å²) < 4.78 is 2.01. The number of hydrogen-bond donors (Lipinski definition) is 1. The van der Waals surface area contributed by atoms with Gasteiger partial charge in [-0.25, -0.2) is 4.79 Å². The van der Waals surface area contributed by atoms with Gasteiger partial charge in [-0.2, -0.15) is 0 Å². The summed E-state index contributed by atoms with van der Waals surface area (Å²) in [6.45, 7) is 0. The molecule has 2 radical (unpaired) electrons. The monoisotopic (exact) mass is 303 g/mol. The second kappa shape index (κ2) is 5.61. The molecule has 6 nitrogen and oxygen atoms in total. The predicted octanol–water partition coefficient (Wildman–Crippen LogP) is -0.217. The largest absolute Gasteiger partial charge is 0.330 e. The van der Waals surface area contributed by atoms with Gasteiger partial charge in [-0.3, -0.25) is 14.2 Å². The predicted molar refractivity (Wildman–Crippen MR) is 81.7 cm³/mol. The van der Waals surface area contributed by atoms with Crippen LogP contribution in [0, 0.1) is 0 Å². The summed E-state index contributed by atoms with van der Waals surface area (Å²) in [5, 5.41) is 2.69. The molecular weight excluding hydrogens is 292 g/mol. The Morgan fingerprint density at radius 3 is 2.62 bits per heavy atom. The summed E-state index contributed by atoms with van der Waals surface area (Å²) in [5.41, 5.74) is -0.771. The van der Waals surface area contributed by atoms with Crippen molar-refractivity contribution < 1.29 is 4.79 Å². The summed E-state index contributed by atoms with van der Waals surface area (Å²) in [4.78, 5) is 35.7. The van der Waals surface area contributed by atoms with Gasteiger partial charge >= 0.3 is 5.69 Å². The molecule has 1 amide bonds. The topological polar surface area (TPSA) is 73.1 Å². The normalized spacial score (nSPS) is 10.4. The van der Waals surface area contributed by atoms with Crippen LogP contribution in [0.15, 0.2) is 34.0 Å². The van der Waals surface area contributed by atoms with Crippen molar-refractivity contribution in [2.24, 2.45) is 14.1 Å². The van der Waals surface area contributed by atoms with Crippen LogP contribution in [0.5, 0.6) is 0 Å². The van der Waals surface area contributed by atoms with Crippen LogP contribution >= 0.6 is 11.6 Å². The molecule has 1 heterocycles. The number of carbonyl (C=O) groups is 1.